The molecule has 0 saturated heterocycles. The molecule has 152 valence electrons. The number of ketones is 1. The van der Waals surface area contributed by atoms with Gasteiger partial charge in [0.2, 0.25) is 9.84 Å². The number of halogens is 2. The van der Waals surface area contributed by atoms with Gasteiger partial charge >= 0.3 is 0 Å². The van der Waals surface area contributed by atoms with Gasteiger partial charge in [0.25, 0.3) is 0 Å². The largest absolute Gasteiger partial charge is 0.306 e. The average Bonchev–Trinajstić information content (AvgIpc) is 3.22. The number of fused-ring (bicyclic) bond motifs is 1. The van der Waals surface area contributed by atoms with E-state index in [1.54, 1.807) is 47.3 Å². The Morgan fingerprint density at radius 2 is 1.77 bits per heavy atom. The maximum atomic E-state index is 13.6. The number of hydrogen-bond acceptors (Lipinski definition) is 4. The van der Waals surface area contributed by atoms with Gasteiger partial charge < -0.3 is 4.40 Å². The van der Waals surface area contributed by atoms with Crippen molar-refractivity contribution in [2.75, 3.05) is 0 Å². The molecule has 0 saturated carbocycles. The molecule has 0 spiro atoms. The number of benzene rings is 2. The van der Waals surface area contributed by atoms with Crippen LogP contribution in [-0.2, 0) is 16.3 Å². The highest BCUT2D eigenvalue weighted by Gasteiger charge is 2.19. The van der Waals surface area contributed by atoms with Crippen LogP contribution in [0.5, 0.6) is 0 Å². The minimum atomic E-state index is -3.86. The first-order valence-corrected chi connectivity index (χ1v) is 11.0. The zero-order valence-electron chi connectivity index (χ0n) is 15.6. The third-order valence-corrected chi connectivity index (χ3v) is 6.86. The van der Waals surface area contributed by atoms with Crippen molar-refractivity contribution in [3.8, 4) is 0 Å². The van der Waals surface area contributed by atoms with Crippen LogP contribution in [-0.4, -0.2) is 23.6 Å². The Labute approximate surface area is 177 Å². The lowest BCUT2D eigenvalue weighted by atomic mass is 10.0. The normalized spacial score (nSPS) is 11.7. The van der Waals surface area contributed by atoms with Crippen LogP contribution in [0.25, 0.3) is 5.65 Å². The van der Waals surface area contributed by atoms with Crippen molar-refractivity contribution < 1.29 is 17.6 Å². The van der Waals surface area contributed by atoms with E-state index < -0.39 is 15.7 Å². The highest BCUT2D eigenvalue weighted by molar-refractivity contribution is 7.91. The number of rotatable bonds is 6. The first kappa shape index (κ1) is 20.3. The van der Waals surface area contributed by atoms with Crippen molar-refractivity contribution in [3.05, 3.63) is 95.2 Å². The minimum Gasteiger partial charge on any atom is -0.306 e. The Balaban J connectivity index is 1.46. The predicted molar refractivity (Wildman–Crippen MR) is 111 cm³/mol. The summed E-state index contributed by atoms with van der Waals surface area (Å²) < 4.78 is 40.8. The highest BCUT2D eigenvalue weighted by Crippen LogP contribution is 2.25. The maximum absolute atomic E-state index is 13.6. The van der Waals surface area contributed by atoms with Crippen LogP contribution in [0.4, 0.5) is 4.39 Å². The Morgan fingerprint density at radius 1 is 1.03 bits per heavy atom. The molecule has 8 heteroatoms. The number of aryl methyl sites for hydroxylation is 1. The van der Waals surface area contributed by atoms with Gasteiger partial charge in [0.1, 0.15) is 11.5 Å². The van der Waals surface area contributed by atoms with Crippen molar-refractivity contribution in [1.82, 2.24) is 9.38 Å². The average molecular weight is 443 g/mol. The zero-order valence-corrected chi connectivity index (χ0v) is 17.2. The summed E-state index contributed by atoms with van der Waals surface area (Å²) in [5, 5.41) is -0.138. The number of pyridine rings is 1. The van der Waals surface area contributed by atoms with E-state index in [0.717, 1.165) is 17.3 Å². The molecule has 2 aromatic carbocycles. The third-order valence-electron chi connectivity index (χ3n) is 4.79. The fraction of sp³-hybridized carbons (Fsp3) is 0.0909. The molecule has 0 fully saturated rings. The number of carbonyl (C=O) groups excluding carboxylic acids is 1. The van der Waals surface area contributed by atoms with Gasteiger partial charge in [-0.3, -0.25) is 4.79 Å². The van der Waals surface area contributed by atoms with Crippen LogP contribution in [0.15, 0.2) is 83.0 Å². The molecule has 30 heavy (non-hydrogen) atoms. The quantitative estimate of drug-likeness (QED) is 0.403. The van der Waals surface area contributed by atoms with E-state index >= 15 is 0 Å². The molecule has 0 bridgehead atoms. The van der Waals surface area contributed by atoms with E-state index in [9.17, 15) is 17.6 Å². The lowest BCUT2D eigenvalue weighted by Gasteiger charge is -2.07. The van der Waals surface area contributed by atoms with Crippen molar-refractivity contribution >= 4 is 32.9 Å². The molecule has 0 atom stereocenters. The Bertz CT molecular complexity index is 1350. The number of sulfone groups is 1. The summed E-state index contributed by atoms with van der Waals surface area (Å²) in [4.78, 5) is 16.5. The van der Waals surface area contributed by atoms with E-state index in [2.05, 4.69) is 4.98 Å². The number of carbonyl (C=O) groups is 1. The summed E-state index contributed by atoms with van der Waals surface area (Å²) in [6.45, 7) is 0. The lowest BCUT2D eigenvalue weighted by molar-refractivity contribution is 0.0982. The molecule has 4 rings (SSSR count). The van der Waals surface area contributed by atoms with Crippen molar-refractivity contribution in [3.63, 3.8) is 0 Å². The third kappa shape index (κ3) is 3.99. The Hall–Kier alpha value is -3.03. The summed E-state index contributed by atoms with van der Waals surface area (Å²) in [5.74, 6) is -0.805. The van der Waals surface area contributed by atoms with Crippen molar-refractivity contribution in [2.24, 2.45) is 0 Å². The molecular formula is C22H16ClFN2O3S. The standard InChI is InChI=1S/C22H16ClFN2O3S/c23-19-8-7-18(13-20(19)24)30(28,29)17-5-1-15(2-6-17)3-9-21(27)16-4-10-22-25-11-12-26(22)14-16/h1-2,4-8,10-14H,3,9H2. The monoisotopic (exact) mass is 442 g/mol. The van der Waals surface area contributed by atoms with E-state index in [1.165, 1.54) is 24.3 Å². The fourth-order valence-electron chi connectivity index (χ4n) is 3.10. The van der Waals surface area contributed by atoms with Crippen LogP contribution in [0, 0.1) is 5.82 Å². The molecule has 0 radical (unpaired) electrons. The molecule has 0 unspecified atom stereocenters. The van der Waals surface area contributed by atoms with E-state index in [0.29, 0.717) is 12.0 Å². The molecule has 0 amide bonds. The first-order chi connectivity index (χ1) is 14.3. The Kier molecular flexibility index (Phi) is 5.40. The van der Waals surface area contributed by atoms with Crippen LogP contribution in [0.3, 0.4) is 0 Å². The SMILES string of the molecule is O=C(CCc1ccc(S(=O)(=O)c2ccc(Cl)c(F)c2)cc1)c1ccc2nccn2c1. The second-order valence-corrected chi connectivity index (χ2v) is 9.11. The highest BCUT2D eigenvalue weighted by atomic mass is 35.5. The summed E-state index contributed by atoms with van der Waals surface area (Å²) in [6.07, 6.45) is 5.94. The molecule has 0 aliphatic rings. The number of aromatic nitrogens is 2. The minimum absolute atomic E-state index is 0.0149. The maximum Gasteiger partial charge on any atom is 0.206 e. The molecule has 0 aliphatic heterocycles. The van der Waals surface area contributed by atoms with Gasteiger partial charge in [-0.15, -0.1) is 0 Å². The van der Waals surface area contributed by atoms with Crippen molar-refractivity contribution in [2.45, 2.75) is 22.6 Å². The predicted octanol–water partition coefficient (Wildman–Crippen LogP) is 4.78. The smallest absolute Gasteiger partial charge is 0.206 e. The van der Waals surface area contributed by atoms with Gasteiger partial charge in [0, 0.05) is 30.6 Å². The number of hydrogen-bond donors (Lipinski definition) is 0. The van der Waals surface area contributed by atoms with Gasteiger partial charge in [-0.05, 0) is 54.4 Å². The van der Waals surface area contributed by atoms with Crippen LogP contribution < -0.4 is 0 Å². The number of nitrogens with zero attached hydrogens (tertiary/aromatic N) is 2. The van der Waals surface area contributed by atoms with Gasteiger partial charge in [0.15, 0.2) is 5.78 Å². The van der Waals surface area contributed by atoms with Crippen LogP contribution >= 0.6 is 11.6 Å². The molecule has 2 heterocycles. The molecule has 4 aromatic rings. The van der Waals surface area contributed by atoms with Gasteiger partial charge in [0.05, 0.1) is 14.8 Å². The van der Waals surface area contributed by atoms with Gasteiger partial charge in [-0.1, -0.05) is 23.7 Å². The summed E-state index contributed by atoms with van der Waals surface area (Å²) in [7, 11) is -3.86. The topological polar surface area (TPSA) is 68.5 Å². The second-order valence-electron chi connectivity index (χ2n) is 6.76. The van der Waals surface area contributed by atoms with Crippen LogP contribution in [0.2, 0.25) is 5.02 Å². The Morgan fingerprint density at radius 3 is 2.50 bits per heavy atom. The van der Waals surface area contributed by atoms with Gasteiger partial charge in [-0.2, -0.15) is 0 Å². The summed E-state index contributed by atoms with van der Waals surface area (Å²) in [5.41, 5.74) is 2.18. The van der Waals surface area contributed by atoms with Crippen LogP contribution in [0.1, 0.15) is 22.3 Å². The molecular weight excluding hydrogens is 427 g/mol. The van der Waals surface area contributed by atoms with E-state index in [1.807, 2.05) is 0 Å². The first-order valence-electron chi connectivity index (χ1n) is 9.09. The lowest BCUT2D eigenvalue weighted by Crippen LogP contribution is -2.04. The molecule has 0 N–H and O–H groups in total. The fourth-order valence-corrected chi connectivity index (χ4v) is 4.49. The number of imidazole rings is 1. The van der Waals surface area contributed by atoms with Crippen molar-refractivity contribution in [1.29, 1.82) is 0 Å². The molecule has 5 nitrogen and oxygen atoms in total. The summed E-state index contributed by atoms with van der Waals surface area (Å²) >= 11 is 5.62. The summed E-state index contributed by atoms with van der Waals surface area (Å²) in [6, 6.07) is 13.1. The van der Waals surface area contributed by atoms with E-state index in [-0.39, 0.29) is 27.0 Å². The second kappa shape index (κ2) is 8.01. The van der Waals surface area contributed by atoms with E-state index in [4.69, 9.17) is 11.6 Å². The zero-order chi connectivity index (χ0) is 21.3. The number of Topliss-reactive ketones (excluding diaryl/α,β-unsaturated/α-hetero) is 1. The van der Waals surface area contributed by atoms with Gasteiger partial charge in [-0.25, -0.2) is 17.8 Å². The molecule has 2 aromatic heterocycles. The molecule has 0 aliphatic carbocycles.